The third-order valence-corrected chi connectivity index (χ3v) is 5.31. The number of carbonyl (C=O) groups excluding carboxylic acids is 1. The van der Waals surface area contributed by atoms with Crippen molar-refractivity contribution < 1.29 is 9.53 Å². The number of hydrogen-bond acceptors (Lipinski definition) is 5. The molecule has 0 unspecified atom stereocenters. The quantitative estimate of drug-likeness (QED) is 0.680. The molecule has 1 fully saturated rings. The van der Waals surface area contributed by atoms with Gasteiger partial charge < -0.3 is 14.6 Å². The van der Waals surface area contributed by atoms with Gasteiger partial charge in [0.2, 0.25) is 0 Å². The predicted molar refractivity (Wildman–Crippen MR) is 110 cm³/mol. The fourth-order valence-corrected chi connectivity index (χ4v) is 3.99. The molecule has 0 spiro atoms. The van der Waals surface area contributed by atoms with Crippen LogP contribution in [0, 0.1) is 13.8 Å². The van der Waals surface area contributed by atoms with Gasteiger partial charge in [0.05, 0.1) is 5.39 Å². The number of pyridine rings is 1. The van der Waals surface area contributed by atoms with Crippen LogP contribution in [0.5, 0.6) is 0 Å². The second-order valence-electron chi connectivity index (χ2n) is 8.84. The molecule has 4 rings (SSSR count). The van der Waals surface area contributed by atoms with Gasteiger partial charge in [-0.05, 0) is 59.1 Å². The van der Waals surface area contributed by atoms with E-state index in [9.17, 15) is 9.59 Å². The third-order valence-electron chi connectivity index (χ3n) is 5.31. The van der Waals surface area contributed by atoms with Gasteiger partial charge in [0.15, 0.2) is 5.65 Å². The number of rotatable bonds is 1. The van der Waals surface area contributed by atoms with Crippen molar-refractivity contribution in [2.24, 2.45) is 0 Å². The van der Waals surface area contributed by atoms with E-state index in [1.165, 1.54) is 4.52 Å². The summed E-state index contributed by atoms with van der Waals surface area (Å²) in [6.07, 6.45) is 1.26. The maximum atomic E-state index is 12.7. The summed E-state index contributed by atoms with van der Waals surface area (Å²) in [5, 5.41) is 5.26. The molecule has 1 N–H and O–H groups in total. The number of ether oxygens (including phenoxy) is 1. The summed E-state index contributed by atoms with van der Waals surface area (Å²) in [6.45, 7) is 10.7. The van der Waals surface area contributed by atoms with E-state index in [-0.39, 0.29) is 17.6 Å². The second kappa shape index (κ2) is 6.86. The van der Waals surface area contributed by atoms with Crippen LogP contribution in [-0.4, -0.2) is 49.3 Å². The number of nitrogens with zero attached hydrogens (tertiary/aromatic N) is 4. The molecule has 0 atom stereocenters. The summed E-state index contributed by atoms with van der Waals surface area (Å²) < 4.78 is 6.86. The molecule has 1 aliphatic rings. The number of nitrogens with one attached hydrogen (secondary N) is 1. The number of H-pyrrole nitrogens is 1. The first kappa shape index (κ1) is 19.4. The van der Waals surface area contributed by atoms with Gasteiger partial charge in [0.1, 0.15) is 11.2 Å². The molecule has 0 radical (unpaired) electrons. The van der Waals surface area contributed by atoms with Crippen molar-refractivity contribution in [3.05, 3.63) is 39.4 Å². The summed E-state index contributed by atoms with van der Waals surface area (Å²) in [5.41, 5.74) is 3.38. The van der Waals surface area contributed by atoms with E-state index in [0.29, 0.717) is 24.4 Å². The summed E-state index contributed by atoms with van der Waals surface area (Å²) in [5.74, 6) is 0.176. The zero-order valence-corrected chi connectivity index (χ0v) is 17.6. The highest BCUT2D eigenvalue weighted by atomic mass is 16.6. The average molecular weight is 397 g/mol. The van der Waals surface area contributed by atoms with Crippen LogP contribution in [0.3, 0.4) is 0 Å². The molecule has 0 saturated carbocycles. The third kappa shape index (κ3) is 3.71. The highest BCUT2D eigenvalue weighted by Crippen LogP contribution is 2.28. The van der Waals surface area contributed by atoms with Crippen molar-refractivity contribution in [3.8, 4) is 0 Å². The molecule has 0 aliphatic carbocycles. The minimum absolute atomic E-state index is 0.168. The lowest BCUT2D eigenvalue weighted by Gasteiger charge is -2.33. The first-order valence-corrected chi connectivity index (χ1v) is 10.0. The lowest BCUT2D eigenvalue weighted by Crippen LogP contribution is -2.41. The second-order valence-corrected chi connectivity index (χ2v) is 8.84. The molecule has 1 aliphatic heterocycles. The SMILES string of the molecule is Cc1cc(C)c2c(n1)nn1c(=O)cc(C3CCN(C(=O)OC(C)(C)C)CC3)[nH]c21. The minimum Gasteiger partial charge on any atom is -0.444 e. The molecule has 3 aromatic rings. The number of hydrogen-bond donors (Lipinski definition) is 1. The van der Waals surface area contributed by atoms with Gasteiger partial charge in [0.25, 0.3) is 5.56 Å². The molecule has 154 valence electrons. The molecule has 0 bridgehead atoms. The molecular formula is C21H27N5O3. The summed E-state index contributed by atoms with van der Waals surface area (Å²) in [6, 6.07) is 3.61. The first-order valence-electron chi connectivity index (χ1n) is 10.0. The van der Waals surface area contributed by atoms with Gasteiger partial charge in [-0.3, -0.25) is 4.79 Å². The maximum Gasteiger partial charge on any atom is 0.410 e. The van der Waals surface area contributed by atoms with E-state index in [0.717, 1.165) is 35.2 Å². The molecule has 1 amide bonds. The van der Waals surface area contributed by atoms with E-state index < -0.39 is 5.60 Å². The normalized spacial score (nSPS) is 16.0. The van der Waals surface area contributed by atoms with E-state index in [1.807, 2.05) is 40.7 Å². The van der Waals surface area contributed by atoms with Gasteiger partial charge in [-0.25, -0.2) is 9.78 Å². The van der Waals surface area contributed by atoms with Gasteiger partial charge in [-0.2, -0.15) is 4.52 Å². The molecule has 8 nitrogen and oxygen atoms in total. The Morgan fingerprint density at radius 1 is 1.21 bits per heavy atom. The first-order chi connectivity index (χ1) is 13.6. The summed E-state index contributed by atoms with van der Waals surface area (Å²) >= 11 is 0. The Morgan fingerprint density at radius 3 is 2.55 bits per heavy atom. The van der Waals surface area contributed by atoms with Crippen molar-refractivity contribution in [1.29, 1.82) is 0 Å². The van der Waals surface area contributed by atoms with Gasteiger partial charge in [-0.15, -0.1) is 5.10 Å². The number of likely N-dealkylation sites (tertiary alicyclic amines) is 1. The minimum atomic E-state index is -0.502. The number of amides is 1. The Bertz CT molecular complexity index is 1150. The lowest BCUT2D eigenvalue weighted by molar-refractivity contribution is 0.0204. The number of piperidine rings is 1. The number of aromatic amines is 1. The summed E-state index contributed by atoms with van der Waals surface area (Å²) in [7, 11) is 0. The van der Waals surface area contributed by atoms with Gasteiger partial charge in [-0.1, -0.05) is 0 Å². The maximum absolute atomic E-state index is 12.7. The number of aryl methyl sites for hydroxylation is 2. The summed E-state index contributed by atoms with van der Waals surface area (Å²) in [4.78, 5) is 34.6. The van der Waals surface area contributed by atoms with Crippen molar-refractivity contribution in [1.82, 2.24) is 24.5 Å². The van der Waals surface area contributed by atoms with Crippen molar-refractivity contribution in [2.45, 2.75) is 59.0 Å². The van der Waals surface area contributed by atoms with Crippen LogP contribution in [0.25, 0.3) is 16.7 Å². The van der Waals surface area contributed by atoms with Crippen LogP contribution in [0.1, 0.15) is 56.5 Å². The highest BCUT2D eigenvalue weighted by molar-refractivity contribution is 5.92. The van der Waals surface area contributed by atoms with Crippen LogP contribution in [-0.2, 0) is 4.74 Å². The Hall–Kier alpha value is -2.90. The molecule has 3 aromatic heterocycles. The van der Waals surface area contributed by atoms with E-state index >= 15 is 0 Å². The standard InChI is InChI=1S/C21H27N5O3/c1-12-10-13(2)22-18-17(12)19-23-15(11-16(27)26(19)24-18)14-6-8-25(9-7-14)20(28)29-21(3,4)5/h10-11,14,23H,6-9H2,1-5H3. The van der Waals surface area contributed by atoms with Crippen LogP contribution in [0.4, 0.5) is 4.79 Å². The van der Waals surface area contributed by atoms with Crippen molar-refractivity contribution in [3.63, 3.8) is 0 Å². The zero-order valence-electron chi connectivity index (χ0n) is 17.6. The molecule has 8 heteroatoms. The van der Waals surface area contributed by atoms with Crippen LogP contribution >= 0.6 is 0 Å². The fraction of sp³-hybridized carbons (Fsp3) is 0.524. The topological polar surface area (TPSA) is 92.6 Å². The molecule has 29 heavy (non-hydrogen) atoms. The largest absolute Gasteiger partial charge is 0.444 e. The van der Waals surface area contributed by atoms with Crippen molar-refractivity contribution >= 4 is 22.8 Å². The Labute approximate surface area is 168 Å². The Kier molecular flexibility index (Phi) is 4.59. The predicted octanol–water partition coefficient (Wildman–Crippen LogP) is 3.30. The van der Waals surface area contributed by atoms with Gasteiger partial charge >= 0.3 is 6.09 Å². The smallest absolute Gasteiger partial charge is 0.410 e. The Morgan fingerprint density at radius 2 is 1.90 bits per heavy atom. The molecular weight excluding hydrogens is 370 g/mol. The average Bonchev–Trinajstić information content (AvgIpc) is 2.99. The highest BCUT2D eigenvalue weighted by Gasteiger charge is 2.28. The lowest BCUT2D eigenvalue weighted by atomic mass is 9.93. The van der Waals surface area contributed by atoms with Crippen LogP contribution in [0.15, 0.2) is 16.9 Å². The fourth-order valence-electron chi connectivity index (χ4n) is 3.99. The van der Waals surface area contributed by atoms with Crippen molar-refractivity contribution in [2.75, 3.05) is 13.1 Å². The van der Waals surface area contributed by atoms with Gasteiger partial charge in [0, 0.05) is 36.5 Å². The molecule has 1 saturated heterocycles. The number of fused-ring (bicyclic) bond motifs is 3. The van der Waals surface area contributed by atoms with Crippen LogP contribution in [0.2, 0.25) is 0 Å². The Balaban J connectivity index is 1.62. The van der Waals surface area contributed by atoms with E-state index in [4.69, 9.17) is 4.74 Å². The number of carbonyl (C=O) groups is 1. The van der Waals surface area contributed by atoms with E-state index in [2.05, 4.69) is 15.1 Å². The molecule has 4 heterocycles. The monoisotopic (exact) mass is 397 g/mol. The number of aromatic nitrogens is 4. The zero-order chi connectivity index (χ0) is 20.9. The van der Waals surface area contributed by atoms with E-state index in [1.54, 1.807) is 11.0 Å². The van der Waals surface area contributed by atoms with Crippen LogP contribution < -0.4 is 5.56 Å². The molecule has 0 aromatic carbocycles.